The zero-order chi connectivity index (χ0) is 26.5. The highest BCUT2D eigenvalue weighted by atomic mass is 16.5. The van der Waals surface area contributed by atoms with Gasteiger partial charge in [0.25, 0.3) is 0 Å². The van der Waals surface area contributed by atoms with Crippen molar-refractivity contribution >= 4 is 33.4 Å². The third-order valence-electron chi connectivity index (χ3n) is 6.29. The van der Waals surface area contributed by atoms with Gasteiger partial charge in [0, 0.05) is 35.0 Å². The molecule has 194 valence electrons. The first-order chi connectivity index (χ1) is 18.6. The largest absolute Gasteiger partial charge is 0.497 e. The Hall–Kier alpha value is -4.46. The molecule has 0 unspecified atom stereocenters. The Kier molecular flexibility index (Phi) is 7.49. The van der Waals surface area contributed by atoms with E-state index >= 15 is 0 Å². The third-order valence-corrected chi connectivity index (χ3v) is 6.29. The summed E-state index contributed by atoms with van der Waals surface area (Å²) >= 11 is 0. The standard InChI is InChI=1S/C30H32N6O2/c1-5-15-31-29-23-17-24-26(18-25(23)33-27(35-29)19-7-11-21(37-3)12-8-19)34-28(36-30(24)32-16-6-2)20-9-13-22(38-4)14-10-20/h7-14,17-18H,5-6,15-16H2,1-4H3,(H,31,33,35)(H,32,34,36). The number of benzene rings is 3. The van der Waals surface area contributed by atoms with Gasteiger partial charge in [0.15, 0.2) is 11.6 Å². The smallest absolute Gasteiger partial charge is 0.162 e. The highest BCUT2D eigenvalue weighted by Gasteiger charge is 2.15. The van der Waals surface area contributed by atoms with Crippen LogP contribution < -0.4 is 20.1 Å². The second kappa shape index (κ2) is 11.3. The lowest BCUT2D eigenvalue weighted by atomic mass is 10.1. The first-order valence-corrected chi connectivity index (χ1v) is 12.9. The van der Waals surface area contributed by atoms with Crippen LogP contribution in [0.2, 0.25) is 0 Å². The minimum absolute atomic E-state index is 0.645. The van der Waals surface area contributed by atoms with Gasteiger partial charge in [-0.3, -0.25) is 0 Å². The summed E-state index contributed by atoms with van der Waals surface area (Å²) in [7, 11) is 3.32. The van der Waals surface area contributed by atoms with Gasteiger partial charge in [-0.05, 0) is 73.5 Å². The topological polar surface area (TPSA) is 94.1 Å². The van der Waals surface area contributed by atoms with E-state index in [2.05, 4.69) is 30.5 Å². The number of hydrogen-bond donors (Lipinski definition) is 2. The van der Waals surface area contributed by atoms with E-state index in [1.807, 2.05) is 54.6 Å². The Balaban J connectivity index is 1.70. The summed E-state index contributed by atoms with van der Waals surface area (Å²) in [6.07, 6.45) is 1.96. The number of aromatic nitrogens is 4. The number of anilines is 2. The molecule has 0 bridgehead atoms. The van der Waals surface area contributed by atoms with Crippen LogP contribution >= 0.6 is 0 Å². The van der Waals surface area contributed by atoms with Crippen molar-refractivity contribution in [1.29, 1.82) is 0 Å². The van der Waals surface area contributed by atoms with Crippen LogP contribution in [0.15, 0.2) is 60.7 Å². The minimum atomic E-state index is 0.645. The molecule has 8 nitrogen and oxygen atoms in total. The molecule has 0 amide bonds. The zero-order valence-corrected chi connectivity index (χ0v) is 22.2. The second-order valence-corrected chi connectivity index (χ2v) is 8.99. The normalized spacial score (nSPS) is 11.1. The first-order valence-electron chi connectivity index (χ1n) is 12.9. The van der Waals surface area contributed by atoms with E-state index in [0.717, 1.165) is 82.0 Å². The quantitative estimate of drug-likeness (QED) is 0.205. The van der Waals surface area contributed by atoms with Crippen molar-refractivity contribution in [3.05, 3.63) is 60.7 Å². The molecule has 3 aromatic carbocycles. The van der Waals surface area contributed by atoms with Crippen LogP contribution in [0.1, 0.15) is 26.7 Å². The molecular formula is C30H32N6O2. The summed E-state index contributed by atoms with van der Waals surface area (Å²) in [5, 5.41) is 8.86. The van der Waals surface area contributed by atoms with Crippen LogP contribution in [0, 0.1) is 0 Å². The van der Waals surface area contributed by atoms with Crippen molar-refractivity contribution < 1.29 is 9.47 Å². The van der Waals surface area contributed by atoms with E-state index < -0.39 is 0 Å². The van der Waals surface area contributed by atoms with Crippen LogP contribution in [0.3, 0.4) is 0 Å². The fourth-order valence-corrected chi connectivity index (χ4v) is 4.25. The fourth-order valence-electron chi connectivity index (χ4n) is 4.25. The van der Waals surface area contributed by atoms with Crippen molar-refractivity contribution in [3.8, 4) is 34.3 Å². The van der Waals surface area contributed by atoms with Crippen LogP contribution in [0.4, 0.5) is 11.6 Å². The lowest BCUT2D eigenvalue weighted by Crippen LogP contribution is -2.07. The molecule has 2 heterocycles. The summed E-state index contributed by atoms with van der Waals surface area (Å²) in [4.78, 5) is 19.7. The summed E-state index contributed by atoms with van der Waals surface area (Å²) in [6.45, 7) is 5.88. The molecule has 0 aliphatic rings. The lowest BCUT2D eigenvalue weighted by Gasteiger charge is -2.14. The molecule has 5 rings (SSSR count). The number of nitrogens with zero attached hydrogens (tertiary/aromatic N) is 4. The van der Waals surface area contributed by atoms with Gasteiger partial charge < -0.3 is 20.1 Å². The average Bonchev–Trinajstić information content (AvgIpc) is 2.97. The lowest BCUT2D eigenvalue weighted by molar-refractivity contribution is 0.414. The number of hydrogen-bond acceptors (Lipinski definition) is 8. The maximum Gasteiger partial charge on any atom is 0.162 e. The second-order valence-electron chi connectivity index (χ2n) is 8.99. The molecule has 5 aromatic rings. The van der Waals surface area contributed by atoms with Crippen molar-refractivity contribution in [1.82, 2.24) is 19.9 Å². The monoisotopic (exact) mass is 508 g/mol. The van der Waals surface area contributed by atoms with Crippen molar-refractivity contribution in [2.75, 3.05) is 37.9 Å². The van der Waals surface area contributed by atoms with Crippen LogP contribution in [0.25, 0.3) is 44.6 Å². The predicted molar refractivity (Wildman–Crippen MR) is 154 cm³/mol. The number of fused-ring (bicyclic) bond motifs is 2. The summed E-state index contributed by atoms with van der Waals surface area (Å²) in [6, 6.07) is 19.7. The molecule has 0 aliphatic heterocycles. The third kappa shape index (κ3) is 5.16. The van der Waals surface area contributed by atoms with E-state index in [4.69, 9.17) is 29.4 Å². The first kappa shape index (κ1) is 25.2. The summed E-state index contributed by atoms with van der Waals surface area (Å²) in [5.74, 6) is 4.47. The van der Waals surface area contributed by atoms with Gasteiger partial charge in [-0.15, -0.1) is 0 Å². The van der Waals surface area contributed by atoms with E-state index in [9.17, 15) is 0 Å². The molecule has 0 saturated carbocycles. The molecule has 8 heteroatoms. The molecule has 0 atom stereocenters. The molecule has 0 aliphatic carbocycles. The van der Waals surface area contributed by atoms with Gasteiger partial charge in [0.05, 0.1) is 25.3 Å². The van der Waals surface area contributed by atoms with E-state index in [-0.39, 0.29) is 0 Å². The Morgan fingerprint density at radius 1 is 0.579 bits per heavy atom. The van der Waals surface area contributed by atoms with Gasteiger partial charge >= 0.3 is 0 Å². The molecule has 2 N–H and O–H groups in total. The van der Waals surface area contributed by atoms with Gasteiger partial charge in [-0.25, -0.2) is 19.9 Å². The van der Waals surface area contributed by atoms with Gasteiger partial charge in [0.2, 0.25) is 0 Å². The predicted octanol–water partition coefficient (Wildman–Crippen LogP) is 6.57. The van der Waals surface area contributed by atoms with Gasteiger partial charge in [-0.1, -0.05) is 13.8 Å². The molecule has 0 saturated heterocycles. The fraction of sp³-hybridized carbons (Fsp3) is 0.267. The van der Waals surface area contributed by atoms with E-state index in [1.54, 1.807) is 14.2 Å². The van der Waals surface area contributed by atoms with Crippen LogP contribution in [-0.4, -0.2) is 47.2 Å². The maximum atomic E-state index is 5.32. The molecule has 2 aromatic heterocycles. The van der Waals surface area contributed by atoms with Crippen LogP contribution in [0.5, 0.6) is 11.5 Å². The molecule has 0 radical (unpaired) electrons. The molecule has 0 fully saturated rings. The van der Waals surface area contributed by atoms with Crippen LogP contribution in [-0.2, 0) is 0 Å². The zero-order valence-electron chi connectivity index (χ0n) is 22.2. The highest BCUT2D eigenvalue weighted by molar-refractivity contribution is 6.04. The van der Waals surface area contributed by atoms with Crippen molar-refractivity contribution in [2.45, 2.75) is 26.7 Å². The summed E-state index contributed by atoms with van der Waals surface area (Å²) in [5.41, 5.74) is 3.47. The van der Waals surface area contributed by atoms with Gasteiger partial charge in [-0.2, -0.15) is 0 Å². The van der Waals surface area contributed by atoms with Gasteiger partial charge in [0.1, 0.15) is 23.1 Å². The summed E-state index contributed by atoms with van der Waals surface area (Å²) < 4.78 is 10.6. The van der Waals surface area contributed by atoms with E-state index in [0.29, 0.717) is 11.6 Å². The number of ether oxygens (including phenoxy) is 2. The molecule has 0 spiro atoms. The highest BCUT2D eigenvalue weighted by Crippen LogP contribution is 2.33. The molecule has 38 heavy (non-hydrogen) atoms. The number of methoxy groups -OCH3 is 2. The molecular weight excluding hydrogens is 476 g/mol. The Morgan fingerprint density at radius 3 is 1.37 bits per heavy atom. The van der Waals surface area contributed by atoms with E-state index in [1.165, 1.54) is 0 Å². The van der Waals surface area contributed by atoms with Crippen molar-refractivity contribution in [3.63, 3.8) is 0 Å². The number of rotatable bonds is 10. The SMILES string of the molecule is CCCNc1nc(-c2ccc(OC)cc2)nc2cc3nc(-c4ccc(OC)cc4)nc(NCCC)c3cc12. The Bertz CT molecular complexity index is 1440. The average molecular weight is 509 g/mol. The Morgan fingerprint density at radius 2 is 1.00 bits per heavy atom. The number of nitrogens with one attached hydrogen (secondary N) is 2. The van der Waals surface area contributed by atoms with Crippen molar-refractivity contribution in [2.24, 2.45) is 0 Å². The minimum Gasteiger partial charge on any atom is -0.497 e. The maximum absolute atomic E-state index is 5.32. The Labute approximate surface area is 222 Å².